The predicted molar refractivity (Wildman–Crippen MR) is 80.8 cm³/mol. The number of likely N-dealkylation sites (tertiary alicyclic amines) is 1. The van der Waals surface area contributed by atoms with Crippen LogP contribution in [0.2, 0.25) is 0 Å². The van der Waals surface area contributed by atoms with Crippen molar-refractivity contribution in [2.24, 2.45) is 0 Å². The summed E-state index contributed by atoms with van der Waals surface area (Å²) in [5.41, 5.74) is 1.02. The van der Waals surface area contributed by atoms with Crippen molar-refractivity contribution in [1.29, 1.82) is 0 Å². The molecule has 3 rings (SSSR count). The first-order chi connectivity index (χ1) is 10.9. The second-order valence-electron chi connectivity index (χ2n) is 5.84. The SMILES string of the molecule is CCC1SC2=C(C(N3CCCCC3)=CC(=O)C2)N1OC(F)(F)F. The molecule has 0 N–H and O–H groups in total. The normalized spacial score (nSPS) is 25.8. The molecule has 0 aromatic heterocycles. The molecule has 0 aromatic rings. The summed E-state index contributed by atoms with van der Waals surface area (Å²) >= 11 is 1.31. The third-order valence-electron chi connectivity index (χ3n) is 4.15. The van der Waals surface area contributed by atoms with E-state index in [1.807, 2.05) is 11.8 Å². The van der Waals surface area contributed by atoms with Crippen LogP contribution in [0.4, 0.5) is 13.2 Å². The molecular formula is C15H19F3N2O2S. The van der Waals surface area contributed by atoms with E-state index in [4.69, 9.17) is 0 Å². The van der Waals surface area contributed by atoms with Crippen molar-refractivity contribution in [2.45, 2.75) is 50.8 Å². The zero-order valence-electron chi connectivity index (χ0n) is 12.9. The Morgan fingerprint density at radius 2 is 2.00 bits per heavy atom. The number of alkyl halides is 3. The molecule has 128 valence electrons. The van der Waals surface area contributed by atoms with E-state index in [1.165, 1.54) is 17.8 Å². The van der Waals surface area contributed by atoms with Gasteiger partial charge in [-0.15, -0.1) is 24.9 Å². The van der Waals surface area contributed by atoms with Gasteiger partial charge in [0.25, 0.3) is 0 Å². The van der Waals surface area contributed by atoms with Crippen molar-refractivity contribution in [3.63, 3.8) is 0 Å². The molecule has 0 spiro atoms. The number of piperidine rings is 1. The summed E-state index contributed by atoms with van der Waals surface area (Å²) in [5, 5.41) is 0.507. The van der Waals surface area contributed by atoms with Crippen LogP contribution in [0.3, 0.4) is 0 Å². The minimum Gasteiger partial charge on any atom is -0.370 e. The molecule has 1 saturated heterocycles. The summed E-state index contributed by atoms with van der Waals surface area (Å²) < 4.78 is 38.5. The maximum Gasteiger partial charge on any atom is 0.544 e. The third-order valence-corrected chi connectivity index (χ3v) is 5.57. The number of allylic oxidation sites excluding steroid dienone is 2. The third kappa shape index (κ3) is 3.52. The van der Waals surface area contributed by atoms with Gasteiger partial charge in [-0.25, -0.2) is 5.06 Å². The first-order valence-electron chi connectivity index (χ1n) is 7.84. The van der Waals surface area contributed by atoms with Gasteiger partial charge in [0.2, 0.25) is 0 Å². The molecule has 3 aliphatic rings. The molecule has 0 saturated carbocycles. The van der Waals surface area contributed by atoms with E-state index >= 15 is 0 Å². The quantitative estimate of drug-likeness (QED) is 0.775. The number of carbonyl (C=O) groups excluding carboxylic acids is 1. The number of hydrogen-bond donors (Lipinski definition) is 0. The van der Waals surface area contributed by atoms with Crippen molar-refractivity contribution in [2.75, 3.05) is 13.1 Å². The molecule has 2 aliphatic heterocycles. The highest BCUT2D eigenvalue weighted by atomic mass is 32.2. The van der Waals surface area contributed by atoms with E-state index in [0.717, 1.165) is 37.4 Å². The van der Waals surface area contributed by atoms with Crippen LogP contribution in [0.25, 0.3) is 0 Å². The number of hydrogen-bond acceptors (Lipinski definition) is 5. The molecule has 0 aromatic carbocycles. The number of ketones is 1. The Bertz CT molecular complexity index is 553. The van der Waals surface area contributed by atoms with Crippen LogP contribution in [0.1, 0.15) is 39.0 Å². The number of nitrogens with zero attached hydrogens (tertiary/aromatic N) is 2. The van der Waals surface area contributed by atoms with Crippen LogP contribution in [0.5, 0.6) is 0 Å². The van der Waals surface area contributed by atoms with Crippen LogP contribution in [-0.4, -0.2) is 40.6 Å². The highest BCUT2D eigenvalue weighted by Gasteiger charge is 2.45. The molecule has 23 heavy (non-hydrogen) atoms. The van der Waals surface area contributed by atoms with Crippen LogP contribution >= 0.6 is 11.8 Å². The Morgan fingerprint density at radius 3 is 2.61 bits per heavy atom. The van der Waals surface area contributed by atoms with Crippen molar-refractivity contribution in [3.05, 3.63) is 22.4 Å². The monoisotopic (exact) mass is 348 g/mol. The van der Waals surface area contributed by atoms with Crippen LogP contribution < -0.4 is 0 Å². The Labute approximate surface area is 137 Å². The van der Waals surface area contributed by atoms with Crippen LogP contribution in [0, 0.1) is 0 Å². The standard InChI is InChI=1S/C15H19F3N2O2S/c1-2-13-20(22-15(16,17)18)14-11(19-6-4-3-5-7-19)8-10(21)9-12(14)23-13/h8,13H,2-7,9H2,1H3. The lowest BCUT2D eigenvalue weighted by Crippen LogP contribution is -2.39. The number of halogens is 3. The summed E-state index contributed by atoms with van der Waals surface area (Å²) in [6, 6.07) is 0. The highest BCUT2D eigenvalue weighted by molar-refractivity contribution is 8.03. The van der Waals surface area contributed by atoms with Gasteiger partial charge in [0, 0.05) is 30.5 Å². The first-order valence-corrected chi connectivity index (χ1v) is 8.71. The van der Waals surface area contributed by atoms with E-state index in [-0.39, 0.29) is 12.2 Å². The molecule has 0 amide bonds. The van der Waals surface area contributed by atoms with Gasteiger partial charge in [0.1, 0.15) is 5.37 Å². The minimum atomic E-state index is -4.75. The lowest BCUT2D eigenvalue weighted by atomic mass is 10.0. The fourth-order valence-corrected chi connectivity index (χ4v) is 4.46. The minimum absolute atomic E-state index is 0.0551. The summed E-state index contributed by atoms with van der Waals surface area (Å²) in [6.07, 6.45) is 0.469. The highest BCUT2D eigenvalue weighted by Crippen LogP contribution is 2.48. The maximum absolute atomic E-state index is 12.8. The summed E-state index contributed by atoms with van der Waals surface area (Å²) in [6.45, 7) is 3.34. The number of hydroxylamine groups is 2. The molecule has 1 atom stereocenters. The Balaban J connectivity index is 1.93. The first kappa shape index (κ1) is 16.7. The lowest BCUT2D eigenvalue weighted by molar-refractivity contribution is -0.407. The molecule has 4 nitrogen and oxygen atoms in total. The van der Waals surface area contributed by atoms with Gasteiger partial charge in [-0.2, -0.15) is 4.84 Å². The molecule has 0 bridgehead atoms. The van der Waals surface area contributed by atoms with Gasteiger partial charge in [0.15, 0.2) is 5.78 Å². The van der Waals surface area contributed by atoms with Gasteiger partial charge in [-0.05, 0) is 25.7 Å². The Kier molecular flexibility index (Phi) is 4.64. The van der Waals surface area contributed by atoms with E-state index in [9.17, 15) is 18.0 Å². The number of thioether (sulfide) groups is 1. The van der Waals surface area contributed by atoms with Gasteiger partial charge < -0.3 is 4.90 Å². The van der Waals surface area contributed by atoms with Gasteiger partial charge in [-0.1, -0.05) is 6.92 Å². The van der Waals surface area contributed by atoms with Crippen LogP contribution in [0.15, 0.2) is 22.4 Å². The molecule has 1 aliphatic carbocycles. The second-order valence-corrected chi connectivity index (χ2v) is 7.11. The molecule has 1 unspecified atom stereocenters. The zero-order valence-corrected chi connectivity index (χ0v) is 13.7. The van der Waals surface area contributed by atoms with E-state index in [0.29, 0.717) is 22.7 Å². The fourth-order valence-electron chi connectivity index (χ4n) is 3.19. The Morgan fingerprint density at radius 1 is 1.30 bits per heavy atom. The lowest BCUT2D eigenvalue weighted by Gasteiger charge is -2.36. The van der Waals surface area contributed by atoms with Crippen molar-refractivity contribution >= 4 is 17.5 Å². The molecular weight excluding hydrogens is 329 g/mol. The average molecular weight is 348 g/mol. The largest absolute Gasteiger partial charge is 0.544 e. The summed E-state index contributed by atoms with van der Waals surface area (Å²) in [7, 11) is 0. The maximum atomic E-state index is 12.8. The van der Waals surface area contributed by atoms with Crippen LogP contribution in [-0.2, 0) is 9.63 Å². The van der Waals surface area contributed by atoms with Crippen molar-refractivity contribution in [1.82, 2.24) is 9.96 Å². The average Bonchev–Trinajstić information content (AvgIpc) is 2.83. The summed E-state index contributed by atoms with van der Waals surface area (Å²) in [5.74, 6) is -0.0551. The van der Waals surface area contributed by atoms with E-state index in [2.05, 4.69) is 4.84 Å². The van der Waals surface area contributed by atoms with Crippen molar-refractivity contribution in [3.8, 4) is 0 Å². The topological polar surface area (TPSA) is 32.8 Å². The van der Waals surface area contributed by atoms with Crippen molar-refractivity contribution < 1.29 is 22.8 Å². The summed E-state index contributed by atoms with van der Waals surface area (Å²) in [4.78, 5) is 19.0. The predicted octanol–water partition coefficient (Wildman–Crippen LogP) is 3.78. The smallest absolute Gasteiger partial charge is 0.370 e. The van der Waals surface area contributed by atoms with Gasteiger partial charge in [0.05, 0.1) is 11.4 Å². The molecule has 2 heterocycles. The number of carbonyl (C=O) groups is 1. The van der Waals surface area contributed by atoms with Gasteiger partial charge >= 0.3 is 6.36 Å². The van der Waals surface area contributed by atoms with E-state index in [1.54, 1.807) is 0 Å². The Hall–Kier alpha value is -1.15. The van der Waals surface area contributed by atoms with Gasteiger partial charge in [-0.3, -0.25) is 4.79 Å². The number of rotatable bonds is 3. The zero-order chi connectivity index (χ0) is 16.6. The molecule has 1 fully saturated rings. The van der Waals surface area contributed by atoms with E-state index < -0.39 is 11.7 Å². The second kappa shape index (κ2) is 6.39. The molecule has 8 heteroatoms. The molecule has 0 radical (unpaired) electrons. The fraction of sp³-hybridized carbons (Fsp3) is 0.667.